The summed E-state index contributed by atoms with van der Waals surface area (Å²) in [4.78, 5) is 13.1. The molecule has 0 aromatic carbocycles. The van der Waals surface area contributed by atoms with Crippen molar-refractivity contribution >= 4 is 5.97 Å². The Morgan fingerprint density at radius 1 is 0.410 bits per heavy atom. The molecule has 0 amide bonds. The van der Waals surface area contributed by atoms with E-state index in [1.807, 2.05) is 0 Å². The number of aliphatic hydroxyl groups excluding tert-OH is 7. The predicted octanol–water partition coefficient (Wildman–Crippen LogP) is 12.9. The molecule has 14 heteroatoms. The van der Waals surface area contributed by atoms with Crippen molar-refractivity contribution in [3.05, 3.63) is 122 Å². The van der Waals surface area contributed by atoms with E-state index in [2.05, 4.69) is 135 Å². The standard InChI is InChI=1S/C69H114O14/c1-3-5-7-9-11-13-15-17-19-21-23-25-27-28-29-31-33-35-37-39-41-43-45-47-49-51-53-78-55-58(56-79-68-67(77)65(75)63(73)60(83-68)57-80-69-66(76)64(74)62(72)59(54-70)82-69)81-61(71)52-50-48-46-44-42-40-38-36-34-32-30-26-24-22-20-18-16-14-12-10-8-6-4-2/h6,8,12,14-15,17-18,20-21,23-24,26-28,32,34,38,40,44,46,58-60,62-70,72-77H,3-5,7,9-11,13,16,19,22,25,29-31,33,35-37,39,41-43,45,47-57H2,1-2H3/b8-6-,14-12-,17-15-,20-18-,23-21-,26-24-,28-27-,34-32-,40-38-,46-44-. The van der Waals surface area contributed by atoms with Crippen LogP contribution in [0.15, 0.2) is 122 Å². The Kier molecular flexibility index (Phi) is 49.0. The molecule has 0 saturated carbocycles. The highest BCUT2D eigenvalue weighted by Crippen LogP contribution is 2.27. The lowest BCUT2D eigenvalue weighted by Crippen LogP contribution is -2.61. The Bertz CT molecular complexity index is 1830. The first-order valence-corrected chi connectivity index (χ1v) is 32.1. The molecule has 0 aliphatic carbocycles. The minimum absolute atomic E-state index is 0.0281. The van der Waals surface area contributed by atoms with Crippen molar-refractivity contribution in [3.8, 4) is 0 Å². The van der Waals surface area contributed by atoms with E-state index in [1.54, 1.807) is 0 Å². The third-order valence-electron chi connectivity index (χ3n) is 14.5. The normalized spacial score (nSPS) is 24.3. The molecule has 11 unspecified atom stereocenters. The SMILES string of the molecule is CC/C=C\C/C=C\C/C=C\C/C=C\C/C=C\C/C=C\C/C=C\CCCC(=O)OC(COCCCCCCCCCCCCC/C=C\C/C=C\C/C=C\CCCCCCC)COC1OC(COC2OC(CO)C(O)C(O)C2O)C(O)C(O)C1O. The van der Waals surface area contributed by atoms with Gasteiger partial charge >= 0.3 is 5.97 Å². The molecule has 83 heavy (non-hydrogen) atoms. The second-order valence-corrected chi connectivity index (χ2v) is 21.8. The van der Waals surface area contributed by atoms with Gasteiger partial charge in [0.05, 0.1) is 26.4 Å². The van der Waals surface area contributed by atoms with Gasteiger partial charge in [-0.2, -0.15) is 0 Å². The molecule has 2 fully saturated rings. The smallest absolute Gasteiger partial charge is 0.306 e. The third-order valence-corrected chi connectivity index (χ3v) is 14.5. The molecule has 2 aliphatic heterocycles. The Morgan fingerprint density at radius 2 is 0.783 bits per heavy atom. The van der Waals surface area contributed by atoms with Crippen LogP contribution < -0.4 is 0 Å². The van der Waals surface area contributed by atoms with Gasteiger partial charge in [-0.3, -0.25) is 4.79 Å². The van der Waals surface area contributed by atoms with Gasteiger partial charge in [0.1, 0.15) is 54.9 Å². The summed E-state index contributed by atoms with van der Waals surface area (Å²) in [6.45, 7) is 3.47. The lowest BCUT2D eigenvalue weighted by atomic mass is 9.98. The van der Waals surface area contributed by atoms with Crippen LogP contribution in [0.5, 0.6) is 0 Å². The van der Waals surface area contributed by atoms with Crippen molar-refractivity contribution in [2.24, 2.45) is 0 Å². The highest BCUT2D eigenvalue weighted by Gasteiger charge is 2.47. The summed E-state index contributed by atoms with van der Waals surface area (Å²) >= 11 is 0. The number of rotatable bonds is 51. The molecule has 14 nitrogen and oxygen atoms in total. The summed E-state index contributed by atoms with van der Waals surface area (Å²) in [5.41, 5.74) is 0. The van der Waals surface area contributed by atoms with Gasteiger partial charge in [-0.15, -0.1) is 0 Å². The second-order valence-electron chi connectivity index (χ2n) is 21.8. The molecular weight excluding hydrogens is 1050 g/mol. The van der Waals surface area contributed by atoms with Crippen molar-refractivity contribution < 1.29 is 69.0 Å². The maximum absolute atomic E-state index is 13.1. The number of aliphatic hydroxyl groups is 7. The topological polar surface area (TPSA) is 214 Å². The number of carbonyl (C=O) groups excluding carboxylic acids is 1. The molecule has 2 saturated heterocycles. The van der Waals surface area contributed by atoms with Crippen LogP contribution in [-0.2, 0) is 33.2 Å². The zero-order chi connectivity index (χ0) is 60.1. The number of hydrogen-bond donors (Lipinski definition) is 7. The van der Waals surface area contributed by atoms with Gasteiger partial charge in [0.25, 0.3) is 0 Å². The van der Waals surface area contributed by atoms with Crippen molar-refractivity contribution in [3.63, 3.8) is 0 Å². The van der Waals surface area contributed by atoms with E-state index < -0.39 is 86.7 Å². The zero-order valence-electron chi connectivity index (χ0n) is 51.1. The van der Waals surface area contributed by atoms with E-state index in [0.717, 1.165) is 83.5 Å². The zero-order valence-corrected chi connectivity index (χ0v) is 51.1. The monoisotopic (exact) mass is 1170 g/mol. The fourth-order valence-electron chi connectivity index (χ4n) is 9.34. The van der Waals surface area contributed by atoms with E-state index in [4.69, 9.17) is 28.4 Å². The molecule has 0 aromatic rings. The summed E-state index contributed by atoms with van der Waals surface area (Å²) in [7, 11) is 0. The van der Waals surface area contributed by atoms with Crippen LogP contribution in [0, 0.1) is 0 Å². The van der Waals surface area contributed by atoms with Gasteiger partial charge in [0.2, 0.25) is 0 Å². The average Bonchev–Trinajstić information content (AvgIpc) is 3.49. The second kappa shape index (κ2) is 53.8. The number of esters is 1. The fraction of sp³-hybridized carbons (Fsp3) is 0.696. The Morgan fingerprint density at radius 3 is 1.23 bits per heavy atom. The van der Waals surface area contributed by atoms with E-state index in [9.17, 15) is 40.5 Å². The third kappa shape index (κ3) is 39.7. The molecule has 0 aromatic heterocycles. The molecule has 2 heterocycles. The maximum atomic E-state index is 13.1. The van der Waals surface area contributed by atoms with Crippen LogP contribution in [0.3, 0.4) is 0 Å². The number of ether oxygens (including phenoxy) is 6. The van der Waals surface area contributed by atoms with Gasteiger partial charge in [-0.05, 0) is 103 Å². The number of hydrogen-bond acceptors (Lipinski definition) is 14. The largest absolute Gasteiger partial charge is 0.457 e. The molecule has 0 bridgehead atoms. The quantitative estimate of drug-likeness (QED) is 0.0172. The van der Waals surface area contributed by atoms with Crippen LogP contribution in [-0.4, -0.2) is 142 Å². The Balaban J connectivity index is 1.71. The lowest BCUT2D eigenvalue weighted by Gasteiger charge is -2.42. The first-order valence-electron chi connectivity index (χ1n) is 32.1. The molecule has 474 valence electrons. The average molecular weight is 1170 g/mol. The Labute approximate surface area is 501 Å². The summed E-state index contributed by atoms with van der Waals surface area (Å²) in [6.07, 6.45) is 59.8. The van der Waals surface area contributed by atoms with Gasteiger partial charge in [-0.25, -0.2) is 0 Å². The van der Waals surface area contributed by atoms with E-state index in [0.29, 0.717) is 19.4 Å². The maximum Gasteiger partial charge on any atom is 0.306 e. The number of unbranched alkanes of at least 4 members (excludes halogenated alkanes) is 17. The van der Waals surface area contributed by atoms with Gasteiger partial charge in [-0.1, -0.05) is 219 Å². The Hall–Kier alpha value is -3.61. The molecule has 7 N–H and O–H groups in total. The first kappa shape index (κ1) is 75.5. The van der Waals surface area contributed by atoms with Crippen molar-refractivity contribution in [2.75, 3.05) is 33.0 Å². The summed E-state index contributed by atoms with van der Waals surface area (Å²) in [6, 6.07) is 0. The van der Waals surface area contributed by atoms with Crippen LogP contribution in [0.2, 0.25) is 0 Å². The van der Waals surface area contributed by atoms with E-state index >= 15 is 0 Å². The van der Waals surface area contributed by atoms with Crippen molar-refractivity contribution in [1.29, 1.82) is 0 Å². The summed E-state index contributed by atoms with van der Waals surface area (Å²) in [5, 5.41) is 72.5. The molecule has 11 atom stereocenters. The molecule has 0 spiro atoms. The number of carbonyl (C=O) groups is 1. The lowest BCUT2D eigenvalue weighted by molar-refractivity contribution is -0.332. The summed E-state index contributed by atoms with van der Waals surface area (Å²) in [5.74, 6) is -0.437. The molecular formula is C69H114O14. The van der Waals surface area contributed by atoms with E-state index in [1.165, 1.54) is 89.9 Å². The summed E-state index contributed by atoms with van der Waals surface area (Å²) < 4.78 is 34.4. The van der Waals surface area contributed by atoms with Crippen LogP contribution in [0.25, 0.3) is 0 Å². The minimum Gasteiger partial charge on any atom is -0.457 e. The van der Waals surface area contributed by atoms with E-state index in [-0.39, 0.29) is 19.6 Å². The fourth-order valence-corrected chi connectivity index (χ4v) is 9.34. The van der Waals surface area contributed by atoms with Crippen LogP contribution >= 0.6 is 0 Å². The predicted molar refractivity (Wildman–Crippen MR) is 334 cm³/mol. The van der Waals surface area contributed by atoms with Crippen LogP contribution in [0.4, 0.5) is 0 Å². The first-order chi connectivity index (χ1) is 40.6. The van der Waals surface area contributed by atoms with Crippen molar-refractivity contribution in [1.82, 2.24) is 0 Å². The van der Waals surface area contributed by atoms with Crippen molar-refractivity contribution in [2.45, 2.75) is 274 Å². The molecule has 2 rings (SSSR count). The molecule has 0 radical (unpaired) electrons. The molecule has 2 aliphatic rings. The van der Waals surface area contributed by atoms with Gasteiger partial charge in [0, 0.05) is 13.0 Å². The number of allylic oxidation sites excluding steroid dienone is 20. The minimum atomic E-state index is -1.73. The van der Waals surface area contributed by atoms with Crippen LogP contribution in [0.1, 0.15) is 206 Å². The highest BCUT2D eigenvalue weighted by atomic mass is 16.7. The van der Waals surface area contributed by atoms with Gasteiger partial charge < -0.3 is 64.2 Å². The highest BCUT2D eigenvalue weighted by molar-refractivity contribution is 5.69. The van der Waals surface area contributed by atoms with Gasteiger partial charge in [0.15, 0.2) is 12.6 Å².